The molecule has 2 rings (SSSR count). The maximum atomic E-state index is 9.16. The van der Waals surface area contributed by atoms with Gasteiger partial charge in [-0.25, -0.2) is 4.98 Å². The summed E-state index contributed by atoms with van der Waals surface area (Å²) in [7, 11) is 4.81. The van der Waals surface area contributed by atoms with E-state index in [2.05, 4.69) is 43.9 Å². The van der Waals surface area contributed by atoms with Crippen LogP contribution in [0.15, 0.2) is 41.2 Å². The lowest BCUT2D eigenvalue weighted by atomic mass is 10.2. The van der Waals surface area contributed by atoms with E-state index in [9.17, 15) is 0 Å². The van der Waals surface area contributed by atoms with Crippen molar-refractivity contribution < 1.29 is 8.42 Å². The molecule has 1 aromatic carbocycles. The van der Waals surface area contributed by atoms with Gasteiger partial charge in [-0.15, -0.1) is 11.3 Å². The summed E-state index contributed by atoms with van der Waals surface area (Å²) in [5.41, 5.74) is 4.10. The van der Waals surface area contributed by atoms with Crippen LogP contribution in [-0.2, 0) is 8.26 Å². The number of hydrogen-bond acceptors (Lipinski definition) is 4. The first-order valence-corrected chi connectivity index (χ1v) is 8.12. The average Bonchev–Trinajstić information content (AvgIpc) is 2.69. The molecule has 7 heteroatoms. The van der Waals surface area contributed by atoms with Crippen LogP contribution in [0.1, 0.15) is 0 Å². The van der Waals surface area contributed by atoms with Gasteiger partial charge >= 0.3 is 8.26 Å². The minimum Gasteiger partial charge on any atom is -0.245 e. The summed E-state index contributed by atoms with van der Waals surface area (Å²) in [5.74, 6) is 0. The van der Waals surface area contributed by atoms with Crippen LogP contribution in [0.2, 0.25) is 0 Å². The first-order valence-electron chi connectivity index (χ1n) is 4.04. The van der Waals surface area contributed by atoms with Crippen LogP contribution in [0, 0.1) is 0 Å². The Morgan fingerprint density at radius 1 is 1.12 bits per heavy atom. The lowest BCUT2D eigenvalue weighted by Crippen LogP contribution is -1.73. The number of nitrogens with zero attached hydrogens (tertiary/aromatic N) is 1. The summed E-state index contributed by atoms with van der Waals surface area (Å²) < 4.78 is 18.3. The molecule has 1 heterocycles. The van der Waals surface area contributed by atoms with E-state index in [1.54, 1.807) is 11.3 Å². The third-order valence-corrected chi connectivity index (χ3v) is 2.09. The Labute approximate surface area is 107 Å². The van der Waals surface area contributed by atoms with Gasteiger partial charge in [-0.05, 0) is 0 Å². The molecular weight excluding hydrogens is 289 g/mol. The Bertz CT molecular complexity index is 504. The van der Waals surface area contributed by atoms with Crippen LogP contribution in [0.5, 0.6) is 0 Å². The zero-order chi connectivity index (χ0) is 12.0. The number of aromatic nitrogens is 1. The summed E-state index contributed by atoms with van der Waals surface area (Å²) in [6.07, 6.45) is 0. The molecule has 0 saturated carbocycles. The predicted octanol–water partition coefficient (Wildman–Crippen LogP) is 3.52. The van der Waals surface area contributed by atoms with Crippen molar-refractivity contribution in [3.63, 3.8) is 0 Å². The SMILES string of the molecule is O=S(=O)(Cl)Cl.c1ccc(-c2cscn2)cc1. The molecule has 0 aliphatic rings. The van der Waals surface area contributed by atoms with Gasteiger partial charge in [-0.1, -0.05) is 30.3 Å². The van der Waals surface area contributed by atoms with Crippen LogP contribution in [-0.4, -0.2) is 13.4 Å². The van der Waals surface area contributed by atoms with E-state index in [1.165, 1.54) is 5.56 Å². The maximum Gasteiger partial charge on any atom is 0.317 e. The highest BCUT2D eigenvalue weighted by atomic mass is 36.0. The van der Waals surface area contributed by atoms with Gasteiger partial charge < -0.3 is 0 Å². The second-order valence-corrected chi connectivity index (χ2v) is 7.00. The zero-order valence-electron chi connectivity index (χ0n) is 7.88. The lowest BCUT2D eigenvalue weighted by Gasteiger charge is -1.92. The summed E-state index contributed by atoms with van der Waals surface area (Å²) in [6.45, 7) is 0. The first kappa shape index (κ1) is 13.4. The van der Waals surface area contributed by atoms with Gasteiger partial charge in [0, 0.05) is 32.3 Å². The first-order chi connectivity index (χ1) is 7.47. The topological polar surface area (TPSA) is 47.0 Å². The molecule has 0 aliphatic carbocycles. The predicted molar refractivity (Wildman–Crippen MR) is 68.2 cm³/mol. The Hall–Kier alpha value is -0.620. The molecule has 0 saturated heterocycles. The average molecular weight is 296 g/mol. The standard InChI is InChI=1S/C9H7NS.Cl2O2S/c1-2-4-8(5-3-1)9-6-11-7-10-9;1-5(2,3)4/h1-7H;. The Kier molecular flexibility index (Phi) is 5.21. The molecule has 0 N–H and O–H groups in total. The fourth-order valence-electron chi connectivity index (χ4n) is 0.964. The molecule has 0 aliphatic heterocycles. The number of halogens is 2. The fourth-order valence-corrected chi connectivity index (χ4v) is 1.53. The van der Waals surface area contributed by atoms with Crippen molar-refractivity contribution in [2.24, 2.45) is 0 Å². The summed E-state index contributed by atoms with van der Waals surface area (Å²) in [5, 5.41) is 2.05. The molecule has 0 unspecified atom stereocenters. The minimum atomic E-state index is -3.72. The molecule has 0 bridgehead atoms. The molecule has 3 nitrogen and oxygen atoms in total. The van der Waals surface area contributed by atoms with E-state index in [-0.39, 0.29) is 0 Å². The van der Waals surface area contributed by atoms with Crippen molar-refractivity contribution in [3.8, 4) is 11.3 Å². The van der Waals surface area contributed by atoms with Crippen LogP contribution in [0.25, 0.3) is 11.3 Å². The van der Waals surface area contributed by atoms with Crippen LogP contribution >= 0.6 is 32.7 Å². The van der Waals surface area contributed by atoms with Gasteiger partial charge in [0.25, 0.3) is 0 Å². The summed E-state index contributed by atoms with van der Waals surface area (Å²) >= 11 is 1.62. The van der Waals surface area contributed by atoms with Crippen LogP contribution in [0.3, 0.4) is 0 Å². The highest BCUT2D eigenvalue weighted by Crippen LogP contribution is 2.17. The van der Waals surface area contributed by atoms with E-state index in [1.807, 2.05) is 23.7 Å². The molecule has 0 spiro atoms. The van der Waals surface area contributed by atoms with Crippen LogP contribution < -0.4 is 0 Å². The van der Waals surface area contributed by atoms with Crippen molar-refractivity contribution in [1.82, 2.24) is 4.98 Å². The summed E-state index contributed by atoms with van der Waals surface area (Å²) in [4.78, 5) is 4.20. The third kappa shape index (κ3) is 6.07. The molecule has 2 aromatic rings. The molecule has 0 atom stereocenters. The van der Waals surface area contributed by atoms with E-state index in [0.717, 1.165) is 5.69 Å². The van der Waals surface area contributed by atoms with Crippen molar-refractivity contribution >= 4 is 41.0 Å². The number of thiazole rings is 1. The molecule has 1 aromatic heterocycles. The van der Waals surface area contributed by atoms with Crippen molar-refractivity contribution in [2.75, 3.05) is 0 Å². The maximum absolute atomic E-state index is 9.16. The van der Waals surface area contributed by atoms with Gasteiger partial charge in [0.05, 0.1) is 11.2 Å². The largest absolute Gasteiger partial charge is 0.317 e. The highest BCUT2D eigenvalue weighted by molar-refractivity contribution is 8.31. The van der Waals surface area contributed by atoms with E-state index in [4.69, 9.17) is 8.42 Å². The third-order valence-electron chi connectivity index (χ3n) is 1.50. The number of benzene rings is 1. The second-order valence-electron chi connectivity index (χ2n) is 2.62. The lowest BCUT2D eigenvalue weighted by molar-refractivity contribution is 0.621. The van der Waals surface area contributed by atoms with Gasteiger partial charge in [0.1, 0.15) is 0 Å². The Balaban J connectivity index is 0.000000221. The van der Waals surface area contributed by atoms with Gasteiger partial charge in [0.2, 0.25) is 0 Å². The Morgan fingerprint density at radius 3 is 2.12 bits per heavy atom. The summed E-state index contributed by atoms with van der Waals surface area (Å²) in [6, 6.07) is 10.2. The van der Waals surface area contributed by atoms with E-state index >= 15 is 0 Å². The minimum absolute atomic E-state index is 1.07. The van der Waals surface area contributed by atoms with Crippen molar-refractivity contribution in [2.45, 2.75) is 0 Å². The van der Waals surface area contributed by atoms with E-state index < -0.39 is 8.26 Å². The van der Waals surface area contributed by atoms with Gasteiger partial charge in [-0.2, -0.15) is 8.42 Å². The second kappa shape index (κ2) is 6.20. The normalized spacial score (nSPS) is 10.4. The fraction of sp³-hybridized carbons (Fsp3) is 0. The molecule has 86 valence electrons. The highest BCUT2D eigenvalue weighted by Gasteiger charge is 1.95. The molecule has 16 heavy (non-hydrogen) atoms. The quantitative estimate of drug-likeness (QED) is 0.756. The molecule has 0 radical (unpaired) electrons. The Morgan fingerprint density at radius 2 is 1.69 bits per heavy atom. The van der Waals surface area contributed by atoms with Crippen molar-refractivity contribution in [1.29, 1.82) is 0 Å². The van der Waals surface area contributed by atoms with Crippen LogP contribution in [0.4, 0.5) is 0 Å². The monoisotopic (exact) mass is 295 g/mol. The van der Waals surface area contributed by atoms with Gasteiger partial charge in [0.15, 0.2) is 0 Å². The zero-order valence-corrected chi connectivity index (χ0v) is 11.0. The molecule has 0 fully saturated rings. The number of hydrogen-bond donors (Lipinski definition) is 0. The number of rotatable bonds is 1. The molecular formula is C9H7Cl2NO2S2. The van der Waals surface area contributed by atoms with Crippen molar-refractivity contribution in [3.05, 3.63) is 41.2 Å². The molecule has 0 amide bonds. The smallest absolute Gasteiger partial charge is 0.245 e. The van der Waals surface area contributed by atoms with E-state index in [0.29, 0.717) is 0 Å². The van der Waals surface area contributed by atoms with Gasteiger partial charge in [-0.3, -0.25) is 0 Å².